The standard InChI is InChI=1S/C16H27N5O3/c1-17-15-18-8-13(9-19-15)10-21-5-6-24-12-16(11-21,23-4)7-14(22)20(2)3/h8-9H,5-7,10-12H2,1-4H3,(H,17,18,19). The van der Waals surface area contributed by atoms with E-state index in [1.165, 1.54) is 0 Å². The lowest BCUT2D eigenvalue weighted by Crippen LogP contribution is -2.48. The van der Waals surface area contributed by atoms with Crippen molar-refractivity contribution in [1.29, 1.82) is 0 Å². The van der Waals surface area contributed by atoms with Gasteiger partial charge < -0.3 is 19.7 Å². The number of nitrogens with zero attached hydrogens (tertiary/aromatic N) is 4. The molecule has 2 rings (SSSR count). The molecule has 1 saturated heterocycles. The van der Waals surface area contributed by atoms with Gasteiger partial charge in [-0.1, -0.05) is 0 Å². The normalized spacial score (nSPS) is 22.0. The van der Waals surface area contributed by atoms with Gasteiger partial charge in [-0.25, -0.2) is 9.97 Å². The molecule has 0 aliphatic carbocycles. The van der Waals surface area contributed by atoms with Crippen molar-refractivity contribution in [3.8, 4) is 0 Å². The predicted molar refractivity (Wildman–Crippen MR) is 90.7 cm³/mol. The van der Waals surface area contributed by atoms with Crippen LogP contribution >= 0.6 is 0 Å². The van der Waals surface area contributed by atoms with Gasteiger partial charge in [0.25, 0.3) is 0 Å². The molecule has 1 aromatic heterocycles. The molecule has 0 aromatic carbocycles. The van der Waals surface area contributed by atoms with Crippen molar-refractivity contribution in [1.82, 2.24) is 19.8 Å². The summed E-state index contributed by atoms with van der Waals surface area (Å²) < 4.78 is 11.4. The zero-order valence-corrected chi connectivity index (χ0v) is 14.9. The van der Waals surface area contributed by atoms with Crippen molar-refractivity contribution in [3.63, 3.8) is 0 Å². The van der Waals surface area contributed by atoms with Gasteiger partial charge in [-0.15, -0.1) is 0 Å². The minimum absolute atomic E-state index is 0.0315. The van der Waals surface area contributed by atoms with E-state index in [-0.39, 0.29) is 5.91 Å². The molecule has 0 spiro atoms. The van der Waals surface area contributed by atoms with E-state index in [2.05, 4.69) is 20.2 Å². The van der Waals surface area contributed by atoms with E-state index in [0.717, 1.165) is 12.1 Å². The molecular weight excluding hydrogens is 310 g/mol. The number of anilines is 1. The lowest BCUT2D eigenvalue weighted by Gasteiger charge is -2.34. The van der Waals surface area contributed by atoms with Crippen molar-refractivity contribution in [2.45, 2.75) is 18.6 Å². The number of ether oxygens (including phenoxy) is 2. The number of nitrogens with one attached hydrogen (secondary N) is 1. The highest BCUT2D eigenvalue weighted by molar-refractivity contribution is 5.76. The molecule has 1 aromatic rings. The van der Waals surface area contributed by atoms with E-state index < -0.39 is 5.60 Å². The molecule has 8 heteroatoms. The molecular formula is C16H27N5O3. The molecule has 1 unspecified atom stereocenters. The van der Waals surface area contributed by atoms with E-state index in [9.17, 15) is 4.79 Å². The second-order valence-electron chi connectivity index (χ2n) is 6.28. The Morgan fingerprint density at radius 1 is 1.46 bits per heavy atom. The van der Waals surface area contributed by atoms with E-state index in [1.807, 2.05) is 12.4 Å². The van der Waals surface area contributed by atoms with Gasteiger partial charge in [-0.3, -0.25) is 9.69 Å². The summed E-state index contributed by atoms with van der Waals surface area (Å²) in [4.78, 5) is 24.5. The summed E-state index contributed by atoms with van der Waals surface area (Å²) in [6, 6.07) is 0. The molecule has 1 N–H and O–H groups in total. The number of methoxy groups -OCH3 is 1. The largest absolute Gasteiger partial charge is 0.377 e. The summed E-state index contributed by atoms with van der Waals surface area (Å²) in [6.45, 7) is 3.10. The Morgan fingerprint density at radius 3 is 2.75 bits per heavy atom. The zero-order valence-electron chi connectivity index (χ0n) is 14.9. The smallest absolute Gasteiger partial charge is 0.225 e. The van der Waals surface area contributed by atoms with Gasteiger partial charge in [-0.2, -0.15) is 0 Å². The molecule has 8 nitrogen and oxygen atoms in total. The summed E-state index contributed by atoms with van der Waals surface area (Å²) >= 11 is 0. The molecule has 1 aliphatic heterocycles. The fourth-order valence-electron chi connectivity index (χ4n) is 2.68. The summed E-state index contributed by atoms with van der Waals surface area (Å²) in [5, 5.41) is 2.90. The maximum atomic E-state index is 12.2. The van der Waals surface area contributed by atoms with Gasteiger partial charge in [0.05, 0.1) is 19.6 Å². The predicted octanol–water partition coefficient (Wildman–Crippen LogP) is 0.214. The Morgan fingerprint density at radius 2 is 2.17 bits per heavy atom. The summed E-state index contributed by atoms with van der Waals surface area (Å²) in [7, 11) is 6.93. The molecule has 1 fully saturated rings. The van der Waals surface area contributed by atoms with Crippen LogP contribution in [0.1, 0.15) is 12.0 Å². The van der Waals surface area contributed by atoms with Crippen LogP contribution in [0.2, 0.25) is 0 Å². The van der Waals surface area contributed by atoms with Gasteiger partial charge >= 0.3 is 0 Å². The maximum Gasteiger partial charge on any atom is 0.225 e. The number of carbonyl (C=O) groups excluding carboxylic acids is 1. The first-order valence-corrected chi connectivity index (χ1v) is 8.02. The van der Waals surface area contributed by atoms with Crippen molar-refractivity contribution in [2.75, 3.05) is 59.9 Å². The van der Waals surface area contributed by atoms with E-state index >= 15 is 0 Å². The lowest BCUT2D eigenvalue weighted by atomic mass is 9.98. The Hall–Kier alpha value is -1.77. The van der Waals surface area contributed by atoms with Crippen LogP contribution in [0.3, 0.4) is 0 Å². The number of aromatic nitrogens is 2. The van der Waals surface area contributed by atoms with Gasteiger partial charge in [0.1, 0.15) is 5.60 Å². The van der Waals surface area contributed by atoms with Crippen molar-refractivity contribution < 1.29 is 14.3 Å². The van der Waals surface area contributed by atoms with Gasteiger partial charge in [0.15, 0.2) is 0 Å². The Bertz CT molecular complexity index is 537. The van der Waals surface area contributed by atoms with E-state index in [1.54, 1.807) is 33.2 Å². The third-order valence-electron chi connectivity index (χ3n) is 4.17. The van der Waals surface area contributed by atoms with Gasteiger partial charge in [0, 0.05) is 65.8 Å². The quantitative estimate of drug-likeness (QED) is 0.795. The highest BCUT2D eigenvalue weighted by Crippen LogP contribution is 2.22. The summed E-state index contributed by atoms with van der Waals surface area (Å²) in [6.07, 6.45) is 3.91. The number of hydrogen-bond acceptors (Lipinski definition) is 7. The number of hydrogen-bond donors (Lipinski definition) is 1. The topological polar surface area (TPSA) is 79.8 Å². The number of amides is 1. The maximum absolute atomic E-state index is 12.2. The second-order valence-corrected chi connectivity index (χ2v) is 6.28. The Kier molecular flexibility index (Phi) is 6.47. The van der Waals surface area contributed by atoms with Crippen LogP contribution in [0.25, 0.3) is 0 Å². The molecule has 0 saturated carbocycles. The molecule has 1 aliphatic rings. The van der Waals surface area contributed by atoms with Crippen LogP contribution in [-0.2, 0) is 20.8 Å². The Balaban J connectivity index is 2.07. The van der Waals surface area contributed by atoms with E-state index in [4.69, 9.17) is 9.47 Å². The SMILES string of the molecule is CNc1ncc(CN2CCOCC(CC(=O)N(C)C)(OC)C2)cn1. The third kappa shape index (κ3) is 4.86. The van der Waals surface area contributed by atoms with Crippen LogP contribution < -0.4 is 5.32 Å². The molecule has 1 atom stereocenters. The average molecular weight is 337 g/mol. The highest BCUT2D eigenvalue weighted by atomic mass is 16.5. The third-order valence-corrected chi connectivity index (χ3v) is 4.17. The first-order chi connectivity index (χ1) is 11.5. The average Bonchev–Trinajstić information content (AvgIpc) is 2.78. The summed E-state index contributed by atoms with van der Waals surface area (Å²) in [5.74, 6) is 0.629. The van der Waals surface area contributed by atoms with Crippen LogP contribution in [0.15, 0.2) is 12.4 Å². The molecule has 134 valence electrons. The van der Waals surface area contributed by atoms with Gasteiger partial charge in [-0.05, 0) is 0 Å². The number of carbonyl (C=O) groups is 1. The van der Waals surface area contributed by atoms with Crippen molar-refractivity contribution in [2.24, 2.45) is 0 Å². The van der Waals surface area contributed by atoms with Crippen LogP contribution in [0.5, 0.6) is 0 Å². The second kappa shape index (κ2) is 8.36. The summed E-state index contributed by atoms with van der Waals surface area (Å²) in [5.41, 5.74) is 0.378. The molecule has 0 radical (unpaired) electrons. The fraction of sp³-hybridized carbons (Fsp3) is 0.688. The fourth-order valence-corrected chi connectivity index (χ4v) is 2.68. The number of rotatable bonds is 6. The monoisotopic (exact) mass is 337 g/mol. The zero-order chi connectivity index (χ0) is 17.6. The van der Waals surface area contributed by atoms with Gasteiger partial charge in [0.2, 0.25) is 11.9 Å². The van der Waals surface area contributed by atoms with Crippen molar-refractivity contribution in [3.05, 3.63) is 18.0 Å². The Labute approximate surface area is 143 Å². The lowest BCUT2D eigenvalue weighted by molar-refractivity contribution is -0.139. The molecule has 0 bridgehead atoms. The van der Waals surface area contributed by atoms with E-state index in [0.29, 0.717) is 38.7 Å². The minimum atomic E-state index is -0.635. The van der Waals surface area contributed by atoms with Crippen molar-refractivity contribution >= 4 is 11.9 Å². The van der Waals surface area contributed by atoms with Crippen LogP contribution in [-0.4, -0.2) is 85.8 Å². The molecule has 1 amide bonds. The first-order valence-electron chi connectivity index (χ1n) is 8.02. The van der Waals surface area contributed by atoms with Crippen LogP contribution in [0, 0.1) is 0 Å². The van der Waals surface area contributed by atoms with Crippen LogP contribution in [0.4, 0.5) is 5.95 Å². The molecule has 2 heterocycles. The highest BCUT2D eigenvalue weighted by Gasteiger charge is 2.37. The minimum Gasteiger partial charge on any atom is -0.377 e. The first kappa shape index (κ1) is 18.6. The molecule has 24 heavy (non-hydrogen) atoms.